The van der Waals surface area contributed by atoms with E-state index in [4.69, 9.17) is 23.2 Å². The number of amidine groups is 1. The Morgan fingerprint density at radius 3 is 2.68 bits per heavy atom. The third-order valence-electron chi connectivity index (χ3n) is 2.41. The number of rotatable bonds is 5. The smallest absolute Gasteiger partial charge is 0.122 e. The highest BCUT2D eigenvalue weighted by Crippen LogP contribution is 2.26. The van der Waals surface area contributed by atoms with Crippen LogP contribution in [0.3, 0.4) is 0 Å². The van der Waals surface area contributed by atoms with E-state index in [0.717, 1.165) is 30.2 Å². The van der Waals surface area contributed by atoms with Crippen LogP contribution in [0.4, 0.5) is 5.69 Å². The molecule has 0 aliphatic rings. The highest BCUT2D eigenvalue weighted by molar-refractivity contribution is 6.36. The number of allylic oxidation sites excluding steroid dienone is 1. The molecular weight excluding hydrogens is 281 g/mol. The number of halogens is 2. The van der Waals surface area contributed by atoms with Crippen molar-refractivity contribution in [1.29, 1.82) is 0 Å². The van der Waals surface area contributed by atoms with Crippen molar-refractivity contribution in [1.82, 2.24) is 5.32 Å². The minimum absolute atomic E-state index is 0.594. The van der Waals surface area contributed by atoms with Gasteiger partial charge < -0.3 is 10.6 Å². The van der Waals surface area contributed by atoms with E-state index in [-0.39, 0.29) is 0 Å². The summed E-state index contributed by atoms with van der Waals surface area (Å²) in [4.78, 5) is 4.18. The molecule has 0 saturated heterocycles. The monoisotopic (exact) mass is 299 g/mol. The topological polar surface area (TPSA) is 36.4 Å². The van der Waals surface area contributed by atoms with Gasteiger partial charge in [0.1, 0.15) is 5.84 Å². The Bertz CT molecular complexity index is 482. The lowest BCUT2D eigenvalue weighted by atomic mass is 10.3. The first-order chi connectivity index (χ1) is 9.06. The van der Waals surface area contributed by atoms with E-state index in [2.05, 4.69) is 22.5 Å². The zero-order chi connectivity index (χ0) is 14.3. The molecule has 104 valence electrons. The molecule has 0 amide bonds. The molecule has 2 N–H and O–H groups in total. The predicted molar refractivity (Wildman–Crippen MR) is 85.5 cm³/mol. The summed E-state index contributed by atoms with van der Waals surface area (Å²) in [5.41, 5.74) is 1.78. The first kappa shape index (κ1) is 15.9. The van der Waals surface area contributed by atoms with Crippen molar-refractivity contribution in [3.63, 3.8) is 0 Å². The fourth-order valence-corrected chi connectivity index (χ4v) is 1.95. The molecule has 0 aliphatic heterocycles. The fraction of sp³-hybridized carbons (Fsp3) is 0.357. The van der Waals surface area contributed by atoms with Crippen molar-refractivity contribution in [2.24, 2.45) is 4.99 Å². The third-order valence-corrected chi connectivity index (χ3v) is 2.96. The summed E-state index contributed by atoms with van der Waals surface area (Å²) in [5.74, 6) is 0.844. The Morgan fingerprint density at radius 1 is 1.37 bits per heavy atom. The lowest BCUT2D eigenvalue weighted by Crippen LogP contribution is -2.23. The van der Waals surface area contributed by atoms with Crippen molar-refractivity contribution < 1.29 is 0 Å². The summed E-state index contributed by atoms with van der Waals surface area (Å²) >= 11 is 12.0. The molecular formula is C14H19Cl2N3. The molecule has 0 unspecified atom stereocenters. The van der Waals surface area contributed by atoms with Gasteiger partial charge in [0.15, 0.2) is 0 Å². The second-order valence-corrected chi connectivity index (χ2v) is 4.96. The quantitative estimate of drug-likeness (QED) is 0.627. The van der Waals surface area contributed by atoms with Gasteiger partial charge in [0.2, 0.25) is 0 Å². The maximum atomic E-state index is 6.11. The second kappa shape index (κ2) is 8.08. The molecule has 3 nitrogen and oxygen atoms in total. The third kappa shape index (κ3) is 5.53. The maximum absolute atomic E-state index is 6.11. The SMILES string of the molecule is CCCNC(/C=C(/C)Nc1ccc(Cl)cc1Cl)=NC. The molecule has 0 spiro atoms. The molecule has 0 atom stereocenters. The lowest BCUT2D eigenvalue weighted by molar-refractivity contribution is 0.840. The molecule has 19 heavy (non-hydrogen) atoms. The molecule has 0 fully saturated rings. The van der Waals surface area contributed by atoms with E-state index in [0.29, 0.717) is 10.0 Å². The maximum Gasteiger partial charge on any atom is 0.122 e. The minimum Gasteiger partial charge on any atom is -0.370 e. The first-order valence-corrected chi connectivity index (χ1v) is 6.93. The summed E-state index contributed by atoms with van der Waals surface area (Å²) in [6, 6.07) is 5.36. The molecule has 0 aromatic heterocycles. The van der Waals surface area contributed by atoms with Gasteiger partial charge in [-0.15, -0.1) is 0 Å². The van der Waals surface area contributed by atoms with Gasteiger partial charge >= 0.3 is 0 Å². The Labute approximate surface area is 124 Å². The Kier molecular flexibility index (Phi) is 6.74. The summed E-state index contributed by atoms with van der Waals surface area (Å²) < 4.78 is 0. The number of hydrogen-bond donors (Lipinski definition) is 2. The second-order valence-electron chi connectivity index (χ2n) is 4.11. The molecule has 5 heteroatoms. The Hall–Kier alpha value is -1.19. The summed E-state index contributed by atoms with van der Waals surface area (Å²) in [6.07, 6.45) is 3.00. The van der Waals surface area contributed by atoms with E-state index in [9.17, 15) is 0 Å². The van der Waals surface area contributed by atoms with Gasteiger partial charge in [-0.25, -0.2) is 0 Å². The summed E-state index contributed by atoms with van der Waals surface area (Å²) in [5, 5.41) is 7.68. The fourth-order valence-electron chi connectivity index (χ4n) is 1.49. The standard InChI is InChI=1S/C14H19Cl2N3/c1-4-7-18-14(17-3)8-10(2)19-13-6-5-11(15)9-12(13)16/h5-6,8-9,19H,4,7H2,1-3H3,(H,17,18)/b10-8-. The van der Waals surface area contributed by atoms with Crippen molar-refractivity contribution in [2.45, 2.75) is 20.3 Å². The van der Waals surface area contributed by atoms with Crippen LogP contribution in [0.1, 0.15) is 20.3 Å². The molecule has 1 rings (SSSR count). The van der Waals surface area contributed by atoms with Gasteiger partial charge in [-0.1, -0.05) is 30.1 Å². The van der Waals surface area contributed by atoms with E-state index >= 15 is 0 Å². The van der Waals surface area contributed by atoms with Gasteiger partial charge in [0.25, 0.3) is 0 Å². The van der Waals surface area contributed by atoms with Gasteiger partial charge in [0, 0.05) is 24.3 Å². The van der Waals surface area contributed by atoms with Crippen LogP contribution < -0.4 is 10.6 Å². The largest absolute Gasteiger partial charge is 0.370 e. The number of nitrogens with one attached hydrogen (secondary N) is 2. The van der Waals surface area contributed by atoms with Gasteiger partial charge in [-0.3, -0.25) is 4.99 Å². The first-order valence-electron chi connectivity index (χ1n) is 6.17. The summed E-state index contributed by atoms with van der Waals surface area (Å²) in [6.45, 7) is 4.98. The Balaban J connectivity index is 2.74. The number of anilines is 1. The van der Waals surface area contributed by atoms with Crippen molar-refractivity contribution in [3.05, 3.63) is 40.0 Å². The normalized spacial score (nSPS) is 12.5. The summed E-state index contributed by atoms with van der Waals surface area (Å²) in [7, 11) is 1.76. The van der Waals surface area contributed by atoms with Crippen LogP contribution in [0.25, 0.3) is 0 Å². The van der Waals surface area contributed by atoms with Crippen molar-refractivity contribution in [2.75, 3.05) is 18.9 Å². The lowest BCUT2D eigenvalue weighted by Gasteiger charge is -2.10. The zero-order valence-electron chi connectivity index (χ0n) is 11.4. The highest BCUT2D eigenvalue weighted by atomic mass is 35.5. The van der Waals surface area contributed by atoms with E-state index in [1.807, 2.05) is 19.1 Å². The predicted octanol–water partition coefficient (Wildman–Crippen LogP) is 4.34. The average molecular weight is 300 g/mol. The van der Waals surface area contributed by atoms with E-state index in [1.165, 1.54) is 0 Å². The van der Waals surface area contributed by atoms with Crippen LogP contribution in [0, 0.1) is 0 Å². The van der Waals surface area contributed by atoms with E-state index in [1.54, 1.807) is 19.2 Å². The highest BCUT2D eigenvalue weighted by Gasteiger charge is 2.02. The van der Waals surface area contributed by atoms with Gasteiger partial charge in [-0.05, 0) is 37.6 Å². The van der Waals surface area contributed by atoms with Crippen LogP contribution in [-0.4, -0.2) is 19.4 Å². The number of hydrogen-bond acceptors (Lipinski definition) is 2. The molecule has 0 saturated carbocycles. The Morgan fingerprint density at radius 2 is 2.11 bits per heavy atom. The average Bonchev–Trinajstić information content (AvgIpc) is 2.38. The van der Waals surface area contributed by atoms with E-state index < -0.39 is 0 Å². The van der Waals surface area contributed by atoms with Crippen LogP contribution in [-0.2, 0) is 0 Å². The number of aliphatic imine (C=N–C) groups is 1. The molecule has 0 bridgehead atoms. The van der Waals surface area contributed by atoms with Crippen LogP contribution in [0.2, 0.25) is 10.0 Å². The zero-order valence-corrected chi connectivity index (χ0v) is 12.9. The number of benzene rings is 1. The number of nitrogens with zero attached hydrogens (tertiary/aromatic N) is 1. The molecule has 1 aromatic carbocycles. The minimum atomic E-state index is 0.594. The van der Waals surface area contributed by atoms with Crippen LogP contribution in [0.15, 0.2) is 35.0 Å². The van der Waals surface area contributed by atoms with Crippen LogP contribution >= 0.6 is 23.2 Å². The molecule has 0 heterocycles. The van der Waals surface area contributed by atoms with Crippen molar-refractivity contribution in [3.8, 4) is 0 Å². The molecule has 0 radical (unpaired) electrons. The van der Waals surface area contributed by atoms with Crippen LogP contribution in [0.5, 0.6) is 0 Å². The van der Waals surface area contributed by atoms with Gasteiger partial charge in [0.05, 0.1) is 10.7 Å². The molecule has 0 aliphatic carbocycles. The molecule has 1 aromatic rings. The van der Waals surface area contributed by atoms with Crippen molar-refractivity contribution >= 4 is 34.7 Å². The van der Waals surface area contributed by atoms with Gasteiger partial charge in [-0.2, -0.15) is 0 Å².